The van der Waals surface area contributed by atoms with Crippen LogP contribution >= 0.6 is 12.4 Å². The molecule has 0 aromatic heterocycles. The molecule has 1 aliphatic heterocycles. The van der Waals surface area contributed by atoms with E-state index in [9.17, 15) is 9.59 Å². The Morgan fingerprint density at radius 1 is 1.38 bits per heavy atom. The third kappa shape index (κ3) is 4.83. The number of hydrogen-bond donors (Lipinski definition) is 2. The fourth-order valence-corrected chi connectivity index (χ4v) is 2.46. The molecule has 8 heteroatoms. The third-order valence-corrected chi connectivity index (χ3v) is 3.73. The SMILES string of the molecule is COC(=O)c1cc(CNC(=O)[C@H]2NCCO[C@@H]2C)ccc1OC.Cl. The van der Waals surface area contributed by atoms with Gasteiger partial charge in [0, 0.05) is 13.1 Å². The van der Waals surface area contributed by atoms with Crippen molar-refractivity contribution in [2.45, 2.75) is 25.6 Å². The highest BCUT2D eigenvalue weighted by Gasteiger charge is 2.28. The molecule has 2 rings (SSSR count). The summed E-state index contributed by atoms with van der Waals surface area (Å²) in [6.45, 7) is 3.42. The number of methoxy groups -OCH3 is 2. The second-order valence-corrected chi connectivity index (χ2v) is 5.25. The molecule has 1 aromatic rings. The highest BCUT2D eigenvalue weighted by atomic mass is 35.5. The lowest BCUT2D eigenvalue weighted by molar-refractivity contribution is -0.129. The summed E-state index contributed by atoms with van der Waals surface area (Å²) in [6.07, 6.45) is -0.176. The first-order valence-electron chi connectivity index (χ1n) is 7.44. The van der Waals surface area contributed by atoms with Crippen LogP contribution in [0.2, 0.25) is 0 Å². The van der Waals surface area contributed by atoms with E-state index in [1.165, 1.54) is 14.2 Å². The first kappa shape index (κ1) is 20.2. The Hall–Kier alpha value is -1.83. The maximum Gasteiger partial charge on any atom is 0.341 e. The molecule has 134 valence electrons. The van der Waals surface area contributed by atoms with Crippen LogP contribution in [0.4, 0.5) is 0 Å². The summed E-state index contributed by atoms with van der Waals surface area (Å²) in [4.78, 5) is 24.0. The maximum absolute atomic E-state index is 12.2. The van der Waals surface area contributed by atoms with Gasteiger partial charge in [-0.1, -0.05) is 6.07 Å². The second kappa shape index (κ2) is 9.46. The van der Waals surface area contributed by atoms with Gasteiger partial charge in [0.2, 0.25) is 5.91 Å². The number of carbonyl (C=O) groups excluding carboxylic acids is 2. The Labute approximate surface area is 147 Å². The zero-order chi connectivity index (χ0) is 16.8. The molecule has 24 heavy (non-hydrogen) atoms. The minimum atomic E-state index is -0.481. The van der Waals surface area contributed by atoms with Crippen LogP contribution in [0.5, 0.6) is 5.75 Å². The average Bonchev–Trinajstić information content (AvgIpc) is 2.59. The number of nitrogens with one attached hydrogen (secondary N) is 2. The fourth-order valence-electron chi connectivity index (χ4n) is 2.46. The Morgan fingerprint density at radius 3 is 2.75 bits per heavy atom. The molecule has 1 fully saturated rings. The fraction of sp³-hybridized carbons (Fsp3) is 0.500. The average molecular weight is 359 g/mol. The molecule has 1 saturated heterocycles. The van der Waals surface area contributed by atoms with Crippen LogP contribution in [0.15, 0.2) is 18.2 Å². The molecule has 0 radical (unpaired) electrons. The third-order valence-electron chi connectivity index (χ3n) is 3.73. The number of morpholine rings is 1. The minimum absolute atomic E-state index is 0. The number of ether oxygens (including phenoxy) is 3. The predicted molar refractivity (Wildman–Crippen MR) is 90.6 cm³/mol. The van der Waals surface area contributed by atoms with Gasteiger partial charge in [0.1, 0.15) is 17.4 Å². The quantitative estimate of drug-likeness (QED) is 0.760. The van der Waals surface area contributed by atoms with Crippen molar-refractivity contribution in [1.82, 2.24) is 10.6 Å². The van der Waals surface area contributed by atoms with Crippen molar-refractivity contribution in [1.29, 1.82) is 0 Å². The number of carbonyl (C=O) groups is 2. The van der Waals surface area contributed by atoms with Crippen molar-refractivity contribution < 1.29 is 23.8 Å². The van der Waals surface area contributed by atoms with E-state index >= 15 is 0 Å². The van der Waals surface area contributed by atoms with Crippen LogP contribution in [-0.4, -0.2) is 51.4 Å². The number of rotatable bonds is 5. The van der Waals surface area contributed by atoms with E-state index in [1.54, 1.807) is 18.2 Å². The van der Waals surface area contributed by atoms with Gasteiger partial charge in [0.25, 0.3) is 0 Å². The van der Waals surface area contributed by atoms with Crippen LogP contribution in [0.25, 0.3) is 0 Å². The van der Waals surface area contributed by atoms with Crippen LogP contribution in [-0.2, 0) is 20.8 Å². The van der Waals surface area contributed by atoms with Gasteiger partial charge in [0.05, 0.1) is 26.9 Å². The molecule has 0 bridgehead atoms. The Bertz CT molecular complexity index is 582. The molecule has 1 aliphatic rings. The zero-order valence-electron chi connectivity index (χ0n) is 14.0. The highest BCUT2D eigenvalue weighted by molar-refractivity contribution is 5.92. The molecule has 1 amide bonds. The number of benzene rings is 1. The monoisotopic (exact) mass is 358 g/mol. The van der Waals surface area contributed by atoms with Gasteiger partial charge in [-0.05, 0) is 24.6 Å². The standard InChI is InChI=1S/C16H22N2O5.ClH/c1-10-14(17-6-7-23-10)15(19)18-9-11-4-5-13(21-2)12(8-11)16(20)22-3;/h4-5,8,10,14,17H,6-7,9H2,1-3H3,(H,18,19);1H/t10-,14+;/m1./s1. The van der Waals surface area contributed by atoms with Crippen LogP contribution in [0.1, 0.15) is 22.8 Å². The van der Waals surface area contributed by atoms with Gasteiger partial charge in [-0.2, -0.15) is 0 Å². The van der Waals surface area contributed by atoms with Crippen molar-refractivity contribution in [2.24, 2.45) is 0 Å². The van der Waals surface area contributed by atoms with E-state index in [2.05, 4.69) is 10.6 Å². The lowest BCUT2D eigenvalue weighted by Crippen LogP contribution is -2.55. The maximum atomic E-state index is 12.2. The molecular weight excluding hydrogens is 336 g/mol. The van der Waals surface area contributed by atoms with Crippen molar-refractivity contribution in [3.63, 3.8) is 0 Å². The zero-order valence-corrected chi connectivity index (χ0v) is 14.8. The lowest BCUT2D eigenvalue weighted by atomic mass is 10.1. The number of esters is 1. The van der Waals surface area contributed by atoms with Crippen LogP contribution in [0, 0.1) is 0 Å². The van der Waals surface area contributed by atoms with Gasteiger partial charge in [0.15, 0.2) is 0 Å². The van der Waals surface area contributed by atoms with E-state index in [4.69, 9.17) is 14.2 Å². The summed E-state index contributed by atoms with van der Waals surface area (Å²) in [7, 11) is 2.80. The van der Waals surface area contributed by atoms with E-state index in [-0.39, 0.29) is 30.5 Å². The van der Waals surface area contributed by atoms with Gasteiger partial charge < -0.3 is 24.8 Å². The number of hydrogen-bond acceptors (Lipinski definition) is 6. The van der Waals surface area contributed by atoms with Gasteiger partial charge in [-0.15, -0.1) is 12.4 Å². The van der Waals surface area contributed by atoms with Gasteiger partial charge >= 0.3 is 5.97 Å². The van der Waals surface area contributed by atoms with Crippen molar-refractivity contribution in [2.75, 3.05) is 27.4 Å². The molecule has 0 aliphatic carbocycles. The Morgan fingerprint density at radius 2 is 2.12 bits per heavy atom. The minimum Gasteiger partial charge on any atom is -0.496 e. The molecule has 2 atom stereocenters. The predicted octanol–water partition coefficient (Wildman–Crippen LogP) is 0.897. The van der Waals surface area contributed by atoms with Crippen molar-refractivity contribution >= 4 is 24.3 Å². The van der Waals surface area contributed by atoms with Crippen LogP contribution < -0.4 is 15.4 Å². The summed E-state index contributed by atoms with van der Waals surface area (Å²) in [6, 6.07) is 4.75. The largest absolute Gasteiger partial charge is 0.496 e. The van der Waals surface area contributed by atoms with E-state index in [1.807, 2.05) is 6.92 Å². The molecular formula is C16H23ClN2O5. The number of halogens is 1. The number of amides is 1. The summed E-state index contributed by atoms with van der Waals surface area (Å²) in [5.41, 5.74) is 1.11. The lowest BCUT2D eigenvalue weighted by Gasteiger charge is -2.29. The summed E-state index contributed by atoms with van der Waals surface area (Å²) < 4.78 is 15.3. The summed E-state index contributed by atoms with van der Waals surface area (Å²) in [5, 5.41) is 5.98. The topological polar surface area (TPSA) is 85.9 Å². The normalized spacial score (nSPS) is 19.8. The van der Waals surface area contributed by atoms with E-state index in [0.717, 1.165) is 5.56 Å². The second-order valence-electron chi connectivity index (χ2n) is 5.25. The van der Waals surface area contributed by atoms with E-state index in [0.29, 0.717) is 31.0 Å². The molecule has 0 saturated carbocycles. The van der Waals surface area contributed by atoms with Gasteiger partial charge in [-0.25, -0.2) is 4.79 Å². The van der Waals surface area contributed by atoms with Gasteiger partial charge in [-0.3, -0.25) is 4.79 Å². The summed E-state index contributed by atoms with van der Waals surface area (Å²) >= 11 is 0. The smallest absolute Gasteiger partial charge is 0.341 e. The molecule has 0 unspecified atom stereocenters. The molecule has 0 spiro atoms. The first-order valence-corrected chi connectivity index (χ1v) is 7.44. The summed E-state index contributed by atoms with van der Waals surface area (Å²) in [5.74, 6) is -0.179. The molecule has 2 N–H and O–H groups in total. The Balaban J connectivity index is 0.00000288. The van der Waals surface area contributed by atoms with Crippen molar-refractivity contribution in [3.8, 4) is 5.75 Å². The Kier molecular flexibility index (Phi) is 7.97. The molecule has 7 nitrogen and oxygen atoms in total. The van der Waals surface area contributed by atoms with Crippen LogP contribution in [0.3, 0.4) is 0 Å². The van der Waals surface area contributed by atoms with E-state index < -0.39 is 5.97 Å². The molecule has 1 aromatic carbocycles. The first-order chi connectivity index (χ1) is 11.1. The van der Waals surface area contributed by atoms with Crippen molar-refractivity contribution in [3.05, 3.63) is 29.3 Å². The highest BCUT2D eigenvalue weighted by Crippen LogP contribution is 2.20. The molecule has 1 heterocycles.